The van der Waals surface area contributed by atoms with E-state index in [-0.39, 0.29) is 28.9 Å². The Balaban J connectivity index is 2.38. The van der Waals surface area contributed by atoms with Gasteiger partial charge in [0.05, 0.1) is 4.92 Å². The van der Waals surface area contributed by atoms with Crippen LogP contribution < -0.4 is 5.73 Å². The van der Waals surface area contributed by atoms with E-state index >= 15 is 0 Å². The van der Waals surface area contributed by atoms with E-state index in [2.05, 4.69) is 0 Å². The summed E-state index contributed by atoms with van der Waals surface area (Å²) in [5.74, 6) is -0.300. The van der Waals surface area contributed by atoms with Gasteiger partial charge in [0.15, 0.2) is 0 Å². The molecule has 2 rings (SSSR count). The zero-order valence-electron chi connectivity index (χ0n) is 10.8. The lowest BCUT2D eigenvalue weighted by Gasteiger charge is -2.33. The number of nitrogens with two attached hydrogens (primary N) is 1. The minimum absolute atomic E-state index is 0.0283. The number of nitrogens with zero attached hydrogens (tertiary/aromatic N) is 2. The summed E-state index contributed by atoms with van der Waals surface area (Å²) in [6, 6.07) is 4.60. The molecule has 1 saturated heterocycles. The van der Waals surface area contributed by atoms with E-state index in [1.807, 2.05) is 6.92 Å². The van der Waals surface area contributed by atoms with Gasteiger partial charge in [-0.15, -0.1) is 0 Å². The predicted molar refractivity (Wildman–Crippen MR) is 71.9 cm³/mol. The Morgan fingerprint density at radius 1 is 1.47 bits per heavy atom. The maximum atomic E-state index is 12.5. The minimum Gasteiger partial charge on any atom is -0.393 e. The summed E-state index contributed by atoms with van der Waals surface area (Å²) >= 11 is 0. The van der Waals surface area contributed by atoms with E-state index in [4.69, 9.17) is 5.73 Å². The molecule has 1 amide bonds. The monoisotopic (exact) mass is 263 g/mol. The highest BCUT2D eigenvalue weighted by Gasteiger charge is 2.30. The number of anilines is 1. The number of nitro benzene ring substituents is 1. The molecular formula is C13H17N3O3. The molecule has 0 aliphatic carbocycles. The third kappa shape index (κ3) is 2.52. The van der Waals surface area contributed by atoms with Gasteiger partial charge in [-0.2, -0.15) is 0 Å². The fraction of sp³-hybridized carbons (Fsp3) is 0.462. The van der Waals surface area contributed by atoms with Crippen LogP contribution in [0, 0.1) is 10.1 Å². The average molecular weight is 263 g/mol. The van der Waals surface area contributed by atoms with Crippen LogP contribution in [-0.2, 0) is 0 Å². The molecule has 1 aromatic rings. The van der Waals surface area contributed by atoms with Gasteiger partial charge < -0.3 is 10.6 Å². The van der Waals surface area contributed by atoms with Gasteiger partial charge in [0, 0.05) is 12.6 Å². The van der Waals surface area contributed by atoms with Crippen LogP contribution in [-0.4, -0.2) is 28.3 Å². The lowest BCUT2D eigenvalue weighted by Crippen LogP contribution is -2.42. The smallest absolute Gasteiger partial charge is 0.304 e. The molecule has 1 aliphatic heterocycles. The SMILES string of the molecule is CC1CCCCN1C(=O)c1cccc(N)c1[N+](=O)[O-]. The van der Waals surface area contributed by atoms with Crippen molar-refractivity contribution in [3.8, 4) is 0 Å². The molecule has 0 bridgehead atoms. The zero-order valence-corrected chi connectivity index (χ0v) is 10.8. The summed E-state index contributed by atoms with van der Waals surface area (Å²) in [5, 5.41) is 11.1. The zero-order chi connectivity index (χ0) is 14.0. The molecule has 6 nitrogen and oxygen atoms in total. The molecule has 0 saturated carbocycles. The molecule has 1 aromatic carbocycles. The molecule has 0 radical (unpaired) electrons. The second kappa shape index (κ2) is 5.26. The molecule has 1 aliphatic rings. The first-order chi connectivity index (χ1) is 9.02. The number of carbonyl (C=O) groups is 1. The number of likely N-dealkylation sites (tertiary alicyclic amines) is 1. The van der Waals surface area contributed by atoms with Crippen molar-refractivity contribution >= 4 is 17.3 Å². The third-order valence-corrected chi connectivity index (χ3v) is 3.54. The molecule has 1 fully saturated rings. The second-order valence-corrected chi connectivity index (χ2v) is 4.84. The van der Waals surface area contributed by atoms with Crippen molar-refractivity contribution in [3.05, 3.63) is 33.9 Å². The second-order valence-electron chi connectivity index (χ2n) is 4.84. The van der Waals surface area contributed by atoms with Crippen molar-refractivity contribution in [2.24, 2.45) is 0 Å². The number of nitro groups is 1. The first-order valence-corrected chi connectivity index (χ1v) is 6.36. The molecule has 0 aromatic heterocycles. The maximum absolute atomic E-state index is 12.5. The first-order valence-electron chi connectivity index (χ1n) is 6.36. The Hall–Kier alpha value is -2.11. The molecule has 6 heteroatoms. The maximum Gasteiger partial charge on any atom is 0.304 e. The van der Waals surface area contributed by atoms with E-state index in [0.717, 1.165) is 19.3 Å². The van der Waals surface area contributed by atoms with Gasteiger partial charge in [0.25, 0.3) is 5.91 Å². The average Bonchev–Trinajstić information content (AvgIpc) is 2.37. The van der Waals surface area contributed by atoms with E-state index in [1.54, 1.807) is 11.0 Å². The standard InChI is InChI=1S/C13H17N3O3/c1-9-5-2-3-8-15(9)13(17)10-6-4-7-11(14)12(10)16(18)19/h4,6-7,9H,2-3,5,8,14H2,1H3. The molecule has 1 unspecified atom stereocenters. The molecule has 1 heterocycles. The normalized spacial score (nSPS) is 19.2. The third-order valence-electron chi connectivity index (χ3n) is 3.54. The summed E-state index contributed by atoms with van der Waals surface area (Å²) in [6.07, 6.45) is 2.96. The molecule has 0 spiro atoms. The predicted octanol–water partition coefficient (Wildman–Crippen LogP) is 2.19. The summed E-state index contributed by atoms with van der Waals surface area (Å²) < 4.78 is 0. The molecule has 2 N–H and O–H groups in total. The van der Waals surface area contributed by atoms with E-state index in [9.17, 15) is 14.9 Å². The molecule has 19 heavy (non-hydrogen) atoms. The Labute approximate surface area is 111 Å². The Kier molecular flexibility index (Phi) is 3.69. The molecule has 1 atom stereocenters. The number of hydrogen-bond acceptors (Lipinski definition) is 4. The number of rotatable bonds is 2. The van der Waals surface area contributed by atoms with Crippen LogP contribution in [0.15, 0.2) is 18.2 Å². The van der Waals surface area contributed by atoms with Crippen molar-refractivity contribution in [1.82, 2.24) is 4.90 Å². The highest BCUT2D eigenvalue weighted by atomic mass is 16.6. The van der Waals surface area contributed by atoms with Gasteiger partial charge in [0.2, 0.25) is 0 Å². The van der Waals surface area contributed by atoms with Crippen LogP contribution in [0.25, 0.3) is 0 Å². The fourth-order valence-electron chi connectivity index (χ4n) is 2.49. The van der Waals surface area contributed by atoms with Crippen LogP contribution in [0.2, 0.25) is 0 Å². The lowest BCUT2D eigenvalue weighted by atomic mass is 10.0. The number of para-hydroxylation sites is 1. The number of carbonyl (C=O) groups excluding carboxylic acids is 1. The summed E-state index contributed by atoms with van der Waals surface area (Å²) in [7, 11) is 0. The van der Waals surface area contributed by atoms with Gasteiger partial charge >= 0.3 is 5.69 Å². The highest BCUT2D eigenvalue weighted by molar-refractivity contribution is 6.00. The quantitative estimate of drug-likeness (QED) is 0.503. The van der Waals surface area contributed by atoms with Crippen molar-refractivity contribution in [2.45, 2.75) is 32.2 Å². The number of amides is 1. The van der Waals surface area contributed by atoms with Gasteiger partial charge in [-0.1, -0.05) is 6.07 Å². The van der Waals surface area contributed by atoms with Gasteiger partial charge in [-0.3, -0.25) is 14.9 Å². The summed E-state index contributed by atoms with van der Waals surface area (Å²) in [5.41, 5.74) is 5.44. The number of hydrogen-bond donors (Lipinski definition) is 1. The lowest BCUT2D eigenvalue weighted by molar-refractivity contribution is -0.384. The van der Waals surface area contributed by atoms with Crippen molar-refractivity contribution in [2.75, 3.05) is 12.3 Å². The van der Waals surface area contributed by atoms with Gasteiger partial charge in [0.1, 0.15) is 11.3 Å². The van der Waals surface area contributed by atoms with Crippen LogP contribution in [0.3, 0.4) is 0 Å². The van der Waals surface area contributed by atoms with Gasteiger partial charge in [-0.25, -0.2) is 0 Å². The van der Waals surface area contributed by atoms with Crippen LogP contribution >= 0.6 is 0 Å². The Morgan fingerprint density at radius 3 is 2.84 bits per heavy atom. The van der Waals surface area contributed by atoms with Crippen LogP contribution in [0.5, 0.6) is 0 Å². The van der Waals surface area contributed by atoms with Crippen molar-refractivity contribution in [1.29, 1.82) is 0 Å². The minimum atomic E-state index is -0.586. The summed E-state index contributed by atoms with van der Waals surface area (Å²) in [4.78, 5) is 24.6. The topological polar surface area (TPSA) is 89.5 Å². The highest BCUT2D eigenvalue weighted by Crippen LogP contribution is 2.29. The number of nitrogen functional groups attached to an aromatic ring is 1. The number of piperidine rings is 1. The Morgan fingerprint density at radius 2 is 2.21 bits per heavy atom. The largest absolute Gasteiger partial charge is 0.393 e. The fourth-order valence-corrected chi connectivity index (χ4v) is 2.49. The molecular weight excluding hydrogens is 246 g/mol. The first kappa shape index (κ1) is 13.3. The van der Waals surface area contributed by atoms with Crippen LogP contribution in [0.4, 0.5) is 11.4 Å². The van der Waals surface area contributed by atoms with E-state index in [0.29, 0.717) is 6.54 Å². The van der Waals surface area contributed by atoms with E-state index in [1.165, 1.54) is 12.1 Å². The van der Waals surface area contributed by atoms with Crippen LogP contribution in [0.1, 0.15) is 36.5 Å². The van der Waals surface area contributed by atoms with E-state index < -0.39 is 4.92 Å². The van der Waals surface area contributed by atoms with Gasteiger partial charge in [-0.05, 0) is 38.3 Å². The molecule has 102 valence electrons. The van der Waals surface area contributed by atoms with Crippen molar-refractivity contribution < 1.29 is 9.72 Å². The summed E-state index contributed by atoms with van der Waals surface area (Å²) in [6.45, 7) is 2.61. The van der Waals surface area contributed by atoms with Crippen molar-refractivity contribution in [3.63, 3.8) is 0 Å². The Bertz CT molecular complexity index is 516. The number of benzene rings is 1.